The summed E-state index contributed by atoms with van der Waals surface area (Å²) < 4.78 is 5.86. The fraction of sp³-hybridized carbons (Fsp3) is 0.227. The number of fused-ring (bicyclic) bond motifs is 1. The number of pyridine rings is 1. The Balaban J connectivity index is 1.44. The highest BCUT2D eigenvalue weighted by Gasteiger charge is 2.21. The van der Waals surface area contributed by atoms with Crippen molar-refractivity contribution in [1.82, 2.24) is 19.9 Å². The van der Waals surface area contributed by atoms with Crippen molar-refractivity contribution >= 4 is 22.8 Å². The number of benzene rings is 1. The number of ether oxygens (including phenoxy) is 1. The summed E-state index contributed by atoms with van der Waals surface area (Å²) in [6, 6.07) is 9.57. The molecule has 4 N–H and O–H groups in total. The zero-order valence-corrected chi connectivity index (χ0v) is 16.3. The number of nitrogens with zero attached hydrogens (tertiary/aromatic N) is 2. The maximum atomic E-state index is 11.5. The molecule has 0 aliphatic rings. The number of imidazole rings is 1. The first kappa shape index (κ1) is 19.5. The van der Waals surface area contributed by atoms with Crippen molar-refractivity contribution in [2.45, 2.75) is 18.8 Å². The van der Waals surface area contributed by atoms with E-state index < -0.39 is 5.97 Å². The van der Waals surface area contributed by atoms with Gasteiger partial charge in [0.1, 0.15) is 5.75 Å². The molecular weight excluding hydrogens is 382 g/mol. The molecule has 8 heteroatoms. The van der Waals surface area contributed by atoms with Crippen LogP contribution in [0.5, 0.6) is 5.75 Å². The lowest BCUT2D eigenvalue weighted by molar-refractivity contribution is -0.137. The van der Waals surface area contributed by atoms with Gasteiger partial charge < -0.3 is 25.1 Å². The third-order valence-electron chi connectivity index (χ3n) is 4.93. The highest BCUT2D eigenvalue weighted by molar-refractivity contribution is 5.86. The van der Waals surface area contributed by atoms with Crippen LogP contribution in [-0.2, 0) is 4.79 Å². The van der Waals surface area contributed by atoms with E-state index in [0.29, 0.717) is 6.61 Å². The molecule has 0 bridgehead atoms. The van der Waals surface area contributed by atoms with Crippen LogP contribution in [0.3, 0.4) is 0 Å². The van der Waals surface area contributed by atoms with Gasteiger partial charge in [0.2, 0.25) is 0 Å². The van der Waals surface area contributed by atoms with E-state index in [1.807, 2.05) is 36.5 Å². The van der Waals surface area contributed by atoms with Crippen molar-refractivity contribution in [1.29, 1.82) is 0 Å². The second-order valence-electron chi connectivity index (χ2n) is 6.95. The van der Waals surface area contributed by atoms with Gasteiger partial charge in [-0.2, -0.15) is 0 Å². The number of H-pyrrole nitrogens is 2. The van der Waals surface area contributed by atoms with Crippen LogP contribution in [-0.4, -0.2) is 44.2 Å². The Morgan fingerprint density at radius 3 is 2.80 bits per heavy atom. The minimum absolute atomic E-state index is 0.0118. The zero-order chi connectivity index (χ0) is 20.8. The molecule has 154 valence electrons. The Morgan fingerprint density at radius 2 is 2.03 bits per heavy atom. The second kappa shape index (κ2) is 9.13. The Morgan fingerprint density at radius 1 is 1.17 bits per heavy atom. The molecule has 4 aromatic rings. The molecule has 1 aromatic carbocycles. The van der Waals surface area contributed by atoms with Crippen molar-refractivity contribution in [2.75, 3.05) is 18.5 Å². The van der Waals surface area contributed by atoms with Gasteiger partial charge in [-0.05, 0) is 41.8 Å². The summed E-state index contributed by atoms with van der Waals surface area (Å²) in [6.45, 7) is 1.33. The summed E-state index contributed by atoms with van der Waals surface area (Å²) >= 11 is 0. The van der Waals surface area contributed by atoms with Gasteiger partial charge in [-0.1, -0.05) is 0 Å². The van der Waals surface area contributed by atoms with Crippen LogP contribution in [0.15, 0.2) is 61.3 Å². The zero-order valence-electron chi connectivity index (χ0n) is 16.3. The number of aliphatic carboxylic acids is 1. The van der Waals surface area contributed by atoms with Crippen LogP contribution in [0, 0.1) is 0 Å². The number of nitrogens with one attached hydrogen (secondary N) is 3. The summed E-state index contributed by atoms with van der Waals surface area (Å²) in [4.78, 5) is 25.9. The monoisotopic (exact) mass is 405 g/mol. The first-order valence-corrected chi connectivity index (χ1v) is 9.79. The van der Waals surface area contributed by atoms with Crippen LogP contribution in [0.4, 0.5) is 5.95 Å². The molecule has 0 saturated heterocycles. The molecule has 0 spiro atoms. The average molecular weight is 405 g/mol. The summed E-state index contributed by atoms with van der Waals surface area (Å²) in [6.07, 6.45) is 9.57. The number of hydrogen-bond acceptors (Lipinski definition) is 5. The number of carboxylic acids is 1. The van der Waals surface area contributed by atoms with Crippen molar-refractivity contribution in [3.05, 3.63) is 72.4 Å². The summed E-state index contributed by atoms with van der Waals surface area (Å²) in [5, 5.41) is 13.6. The molecule has 8 nitrogen and oxygen atoms in total. The predicted molar refractivity (Wildman–Crippen MR) is 114 cm³/mol. The van der Waals surface area contributed by atoms with Gasteiger partial charge in [0.15, 0.2) is 5.95 Å². The largest absolute Gasteiger partial charge is 0.493 e. The van der Waals surface area contributed by atoms with Crippen LogP contribution in [0.1, 0.15) is 29.9 Å². The van der Waals surface area contributed by atoms with Crippen molar-refractivity contribution in [3.8, 4) is 5.75 Å². The van der Waals surface area contributed by atoms with Gasteiger partial charge in [-0.15, -0.1) is 0 Å². The smallest absolute Gasteiger partial charge is 0.304 e. The fourth-order valence-electron chi connectivity index (χ4n) is 3.51. The highest BCUT2D eigenvalue weighted by atomic mass is 16.5. The minimum Gasteiger partial charge on any atom is -0.493 e. The summed E-state index contributed by atoms with van der Waals surface area (Å²) in [5.74, 6) is 0.431. The number of aromatic nitrogens is 4. The molecule has 4 rings (SSSR count). The van der Waals surface area contributed by atoms with E-state index in [1.165, 1.54) is 0 Å². The van der Waals surface area contributed by atoms with E-state index in [-0.39, 0.29) is 12.3 Å². The maximum Gasteiger partial charge on any atom is 0.304 e. The first-order chi connectivity index (χ1) is 14.7. The van der Waals surface area contributed by atoms with E-state index in [0.717, 1.165) is 46.7 Å². The van der Waals surface area contributed by atoms with Gasteiger partial charge in [-0.25, -0.2) is 4.98 Å². The molecule has 0 radical (unpaired) electrons. The third kappa shape index (κ3) is 4.60. The summed E-state index contributed by atoms with van der Waals surface area (Å²) in [7, 11) is 0. The normalized spacial score (nSPS) is 12.0. The van der Waals surface area contributed by atoms with E-state index in [2.05, 4.69) is 25.3 Å². The number of carboxylic acid groups (broad SMARTS) is 1. The second-order valence-corrected chi connectivity index (χ2v) is 6.95. The molecule has 1 unspecified atom stereocenters. The number of carbonyl (C=O) groups is 1. The van der Waals surface area contributed by atoms with Gasteiger partial charge >= 0.3 is 5.97 Å². The molecule has 3 aromatic heterocycles. The Bertz CT molecular complexity index is 1090. The van der Waals surface area contributed by atoms with E-state index in [1.54, 1.807) is 24.8 Å². The quantitative estimate of drug-likeness (QED) is 0.299. The Hall–Kier alpha value is -3.81. The molecule has 0 aliphatic carbocycles. The Labute approximate surface area is 173 Å². The molecule has 0 amide bonds. The molecule has 30 heavy (non-hydrogen) atoms. The lowest BCUT2D eigenvalue weighted by Crippen LogP contribution is -2.08. The maximum absolute atomic E-state index is 11.5. The van der Waals surface area contributed by atoms with Gasteiger partial charge in [-0.3, -0.25) is 9.78 Å². The van der Waals surface area contributed by atoms with Gasteiger partial charge in [0.05, 0.1) is 13.0 Å². The van der Waals surface area contributed by atoms with E-state index in [9.17, 15) is 9.90 Å². The third-order valence-corrected chi connectivity index (χ3v) is 4.93. The molecule has 0 fully saturated rings. The standard InChI is InChI=1S/C22H23N5O3/c28-21(29)13-18(15-4-7-23-8-5-15)19-14-27-20-12-16(2-3-17(19)20)30-11-1-6-24-22-25-9-10-26-22/h2-5,7-10,12,14,18,27H,1,6,11,13H2,(H,28,29)(H2,24,25,26). The van der Waals surface area contributed by atoms with E-state index in [4.69, 9.17) is 4.74 Å². The van der Waals surface area contributed by atoms with Crippen molar-refractivity contribution < 1.29 is 14.6 Å². The highest BCUT2D eigenvalue weighted by Crippen LogP contribution is 2.34. The first-order valence-electron chi connectivity index (χ1n) is 9.79. The van der Waals surface area contributed by atoms with Crippen molar-refractivity contribution in [3.63, 3.8) is 0 Å². The van der Waals surface area contributed by atoms with Crippen LogP contribution >= 0.6 is 0 Å². The molecule has 1 atom stereocenters. The number of aromatic amines is 2. The van der Waals surface area contributed by atoms with E-state index >= 15 is 0 Å². The number of rotatable bonds is 10. The van der Waals surface area contributed by atoms with Crippen LogP contribution in [0.2, 0.25) is 0 Å². The number of hydrogen-bond donors (Lipinski definition) is 4. The summed E-state index contributed by atoms with van der Waals surface area (Å²) in [5.41, 5.74) is 2.80. The van der Waals surface area contributed by atoms with Crippen molar-refractivity contribution in [2.24, 2.45) is 0 Å². The molecule has 0 aliphatic heterocycles. The topological polar surface area (TPSA) is 116 Å². The van der Waals surface area contributed by atoms with Crippen LogP contribution < -0.4 is 10.1 Å². The minimum atomic E-state index is -0.839. The molecule has 3 heterocycles. The number of anilines is 1. The Kier molecular flexibility index (Phi) is 5.93. The SMILES string of the molecule is O=C(O)CC(c1ccncc1)c1c[nH]c2cc(OCCCNc3ncc[nH]3)ccc12. The lowest BCUT2D eigenvalue weighted by Gasteiger charge is -2.15. The lowest BCUT2D eigenvalue weighted by atomic mass is 9.89. The molecular formula is C22H23N5O3. The van der Waals surface area contributed by atoms with Gasteiger partial charge in [0, 0.05) is 60.4 Å². The predicted octanol–water partition coefficient (Wildman–Crippen LogP) is 3.77. The van der Waals surface area contributed by atoms with Gasteiger partial charge in [0.25, 0.3) is 0 Å². The molecule has 0 saturated carbocycles. The average Bonchev–Trinajstić information content (AvgIpc) is 3.42. The van der Waals surface area contributed by atoms with Crippen LogP contribution in [0.25, 0.3) is 10.9 Å². The fourth-order valence-corrected chi connectivity index (χ4v) is 3.51.